The van der Waals surface area contributed by atoms with Crippen LogP contribution in [0.2, 0.25) is 5.02 Å². The standard InChI is InChI=1S/C18H26ClNO4S/c1-20(2)12-11-18(21)24-16-5-3-4-6-17(16)25(22,23)13-14-7-9-15(19)10-8-14/h7-10,16-17H,3-6,11-13H2,1-2H3/t16-,17-/m0/s1. The average Bonchev–Trinajstić information content (AvgIpc) is 2.55. The molecule has 2 atom stereocenters. The minimum Gasteiger partial charge on any atom is -0.461 e. The van der Waals surface area contributed by atoms with E-state index in [1.165, 1.54) is 0 Å². The molecule has 0 heterocycles. The highest BCUT2D eigenvalue weighted by Gasteiger charge is 2.37. The van der Waals surface area contributed by atoms with E-state index in [4.69, 9.17) is 16.3 Å². The van der Waals surface area contributed by atoms with Crippen molar-refractivity contribution in [2.24, 2.45) is 0 Å². The maximum atomic E-state index is 12.9. The highest BCUT2D eigenvalue weighted by molar-refractivity contribution is 7.91. The summed E-state index contributed by atoms with van der Waals surface area (Å²) in [6.07, 6.45) is 2.61. The van der Waals surface area contributed by atoms with E-state index in [9.17, 15) is 13.2 Å². The van der Waals surface area contributed by atoms with Gasteiger partial charge in [-0.3, -0.25) is 4.79 Å². The first-order valence-electron chi connectivity index (χ1n) is 8.58. The Morgan fingerprint density at radius 2 is 1.84 bits per heavy atom. The Labute approximate surface area is 155 Å². The highest BCUT2D eigenvalue weighted by Crippen LogP contribution is 2.29. The molecule has 25 heavy (non-hydrogen) atoms. The molecule has 0 saturated heterocycles. The summed E-state index contributed by atoms with van der Waals surface area (Å²) in [6.45, 7) is 0.591. The van der Waals surface area contributed by atoms with Gasteiger partial charge in [0.1, 0.15) is 6.10 Å². The number of esters is 1. The normalized spacial score (nSPS) is 21.3. The van der Waals surface area contributed by atoms with Gasteiger partial charge in [0.05, 0.1) is 17.4 Å². The third-order valence-electron chi connectivity index (χ3n) is 4.43. The molecule has 5 nitrogen and oxygen atoms in total. The fraction of sp³-hybridized carbons (Fsp3) is 0.611. The fourth-order valence-electron chi connectivity index (χ4n) is 3.07. The summed E-state index contributed by atoms with van der Waals surface area (Å²) in [5, 5.41) is -0.0493. The van der Waals surface area contributed by atoms with E-state index < -0.39 is 21.2 Å². The maximum absolute atomic E-state index is 12.9. The van der Waals surface area contributed by atoms with Crippen molar-refractivity contribution >= 4 is 27.4 Å². The van der Waals surface area contributed by atoms with Crippen LogP contribution in [0.15, 0.2) is 24.3 Å². The topological polar surface area (TPSA) is 63.7 Å². The molecule has 1 aliphatic carbocycles. The second-order valence-corrected chi connectivity index (χ2v) is 9.49. The van der Waals surface area contributed by atoms with Crippen LogP contribution in [0.3, 0.4) is 0 Å². The molecule has 1 fully saturated rings. The van der Waals surface area contributed by atoms with Crippen molar-refractivity contribution in [3.05, 3.63) is 34.9 Å². The number of rotatable bonds is 7. The molecule has 0 spiro atoms. The van der Waals surface area contributed by atoms with Gasteiger partial charge in [-0.1, -0.05) is 30.2 Å². The average molecular weight is 388 g/mol. The summed E-state index contributed by atoms with van der Waals surface area (Å²) in [5.74, 6) is -0.382. The van der Waals surface area contributed by atoms with E-state index in [1.54, 1.807) is 24.3 Å². The van der Waals surface area contributed by atoms with Crippen LogP contribution in [0.1, 0.15) is 37.7 Å². The van der Waals surface area contributed by atoms with Crippen LogP contribution < -0.4 is 0 Å². The number of carbonyl (C=O) groups excluding carboxylic acids is 1. The number of nitrogens with zero attached hydrogens (tertiary/aromatic N) is 1. The van der Waals surface area contributed by atoms with E-state index in [0.717, 1.165) is 12.8 Å². The van der Waals surface area contributed by atoms with Crippen molar-refractivity contribution in [1.82, 2.24) is 4.90 Å². The van der Waals surface area contributed by atoms with Crippen LogP contribution >= 0.6 is 11.6 Å². The molecule has 0 unspecified atom stereocenters. The Balaban J connectivity index is 2.04. The van der Waals surface area contributed by atoms with Crippen molar-refractivity contribution in [2.45, 2.75) is 49.2 Å². The van der Waals surface area contributed by atoms with Crippen LogP contribution in [0.4, 0.5) is 0 Å². The van der Waals surface area contributed by atoms with Gasteiger partial charge in [-0.15, -0.1) is 0 Å². The molecule has 0 aliphatic heterocycles. The van der Waals surface area contributed by atoms with Gasteiger partial charge in [0.25, 0.3) is 0 Å². The molecule has 0 bridgehead atoms. The van der Waals surface area contributed by atoms with Crippen molar-refractivity contribution in [3.63, 3.8) is 0 Å². The Bertz CT molecular complexity index is 673. The van der Waals surface area contributed by atoms with Crippen LogP contribution in [0, 0.1) is 0 Å². The second-order valence-electron chi connectivity index (χ2n) is 6.84. The number of halogens is 1. The Morgan fingerprint density at radius 3 is 2.48 bits per heavy atom. The zero-order chi connectivity index (χ0) is 18.4. The van der Waals surface area contributed by atoms with Crippen LogP contribution in [-0.4, -0.2) is 51.3 Å². The molecule has 2 rings (SSSR count). The van der Waals surface area contributed by atoms with Crippen molar-refractivity contribution in [1.29, 1.82) is 0 Å². The number of benzene rings is 1. The molecule has 0 amide bonds. The van der Waals surface area contributed by atoms with Crippen molar-refractivity contribution in [2.75, 3.05) is 20.6 Å². The predicted octanol–water partition coefficient (Wildman–Crippen LogP) is 3.06. The highest BCUT2D eigenvalue weighted by atomic mass is 35.5. The zero-order valence-electron chi connectivity index (χ0n) is 14.8. The van der Waals surface area contributed by atoms with Crippen LogP contribution in [0.5, 0.6) is 0 Å². The molecule has 0 radical (unpaired) electrons. The summed E-state index contributed by atoms with van der Waals surface area (Å²) < 4.78 is 31.3. The lowest BCUT2D eigenvalue weighted by Crippen LogP contribution is -2.40. The summed E-state index contributed by atoms with van der Waals surface area (Å²) in [4.78, 5) is 13.9. The number of carbonyl (C=O) groups is 1. The third-order valence-corrected chi connectivity index (χ3v) is 6.88. The minimum absolute atomic E-state index is 0.0550. The predicted molar refractivity (Wildman–Crippen MR) is 99.4 cm³/mol. The van der Waals surface area contributed by atoms with E-state index in [-0.39, 0.29) is 18.1 Å². The van der Waals surface area contributed by atoms with Gasteiger partial charge in [0, 0.05) is 11.6 Å². The number of sulfone groups is 1. The van der Waals surface area contributed by atoms with Gasteiger partial charge in [-0.25, -0.2) is 8.42 Å². The lowest BCUT2D eigenvalue weighted by Gasteiger charge is -2.31. The van der Waals surface area contributed by atoms with Crippen molar-refractivity contribution in [3.8, 4) is 0 Å². The molecule has 1 aromatic rings. The SMILES string of the molecule is CN(C)CCC(=O)O[C@H]1CCCC[C@@H]1S(=O)(=O)Cc1ccc(Cl)cc1. The van der Waals surface area contributed by atoms with E-state index >= 15 is 0 Å². The fourth-order valence-corrected chi connectivity index (χ4v) is 5.25. The summed E-state index contributed by atoms with van der Waals surface area (Å²) in [7, 11) is 0.358. The van der Waals surface area contributed by atoms with Crippen LogP contribution in [-0.2, 0) is 25.1 Å². The van der Waals surface area contributed by atoms with E-state index in [0.29, 0.717) is 30.0 Å². The number of hydrogen-bond donors (Lipinski definition) is 0. The Morgan fingerprint density at radius 1 is 1.20 bits per heavy atom. The van der Waals surface area contributed by atoms with E-state index in [1.807, 2.05) is 19.0 Å². The summed E-state index contributed by atoms with van der Waals surface area (Å²) >= 11 is 5.85. The van der Waals surface area contributed by atoms with Crippen LogP contribution in [0.25, 0.3) is 0 Å². The Hall–Kier alpha value is -1.11. The largest absolute Gasteiger partial charge is 0.461 e. The third kappa shape index (κ3) is 6.28. The monoisotopic (exact) mass is 387 g/mol. The minimum atomic E-state index is -3.41. The maximum Gasteiger partial charge on any atom is 0.307 e. The molecule has 0 aromatic heterocycles. The number of ether oxygens (including phenoxy) is 1. The molecule has 0 N–H and O–H groups in total. The lowest BCUT2D eigenvalue weighted by molar-refractivity contribution is -0.150. The smallest absolute Gasteiger partial charge is 0.307 e. The molecular weight excluding hydrogens is 362 g/mol. The van der Waals surface area contributed by atoms with Gasteiger partial charge in [-0.2, -0.15) is 0 Å². The molecule has 140 valence electrons. The van der Waals surface area contributed by atoms with Gasteiger partial charge < -0.3 is 9.64 Å². The summed E-state index contributed by atoms with van der Waals surface area (Å²) in [5.41, 5.74) is 0.702. The molecule has 1 aliphatic rings. The van der Waals surface area contributed by atoms with E-state index in [2.05, 4.69) is 0 Å². The second kappa shape index (κ2) is 9.01. The van der Waals surface area contributed by atoms with Gasteiger partial charge >= 0.3 is 5.97 Å². The first-order chi connectivity index (χ1) is 11.8. The van der Waals surface area contributed by atoms with Gasteiger partial charge in [0.2, 0.25) is 0 Å². The van der Waals surface area contributed by atoms with Crippen molar-refractivity contribution < 1.29 is 17.9 Å². The molecule has 1 aromatic carbocycles. The first kappa shape index (κ1) is 20.2. The number of hydrogen-bond acceptors (Lipinski definition) is 5. The molecule has 7 heteroatoms. The lowest BCUT2D eigenvalue weighted by atomic mass is 9.97. The quantitative estimate of drug-likeness (QED) is 0.673. The van der Waals surface area contributed by atoms with Gasteiger partial charge in [0.15, 0.2) is 9.84 Å². The molecule has 1 saturated carbocycles. The zero-order valence-corrected chi connectivity index (χ0v) is 16.4. The Kier molecular flexibility index (Phi) is 7.28. The van der Waals surface area contributed by atoms with Gasteiger partial charge in [-0.05, 0) is 51.1 Å². The first-order valence-corrected chi connectivity index (χ1v) is 10.7. The summed E-state index contributed by atoms with van der Waals surface area (Å²) in [6, 6.07) is 6.82. The molecular formula is C18H26ClNO4S.